The third-order valence-corrected chi connectivity index (χ3v) is 5.62. The van der Waals surface area contributed by atoms with E-state index in [-0.39, 0.29) is 18.6 Å². The Hall–Kier alpha value is -0.610. The summed E-state index contributed by atoms with van der Waals surface area (Å²) in [6.07, 6.45) is 7.55. The molecule has 19 heavy (non-hydrogen) atoms. The number of aliphatic hydroxyl groups excluding tert-OH is 1. The van der Waals surface area contributed by atoms with Gasteiger partial charge < -0.3 is 15.7 Å². The summed E-state index contributed by atoms with van der Waals surface area (Å²) >= 11 is 0. The van der Waals surface area contributed by atoms with Crippen molar-refractivity contribution in [2.24, 2.45) is 23.5 Å². The van der Waals surface area contributed by atoms with Gasteiger partial charge in [-0.05, 0) is 56.8 Å². The molecular weight excluding hydrogens is 240 g/mol. The van der Waals surface area contributed by atoms with E-state index in [4.69, 9.17) is 10.8 Å². The first-order chi connectivity index (χ1) is 9.22. The molecule has 0 aromatic carbocycles. The van der Waals surface area contributed by atoms with Crippen LogP contribution >= 0.6 is 0 Å². The van der Waals surface area contributed by atoms with Crippen molar-refractivity contribution in [1.82, 2.24) is 4.90 Å². The summed E-state index contributed by atoms with van der Waals surface area (Å²) in [6, 6.07) is 0.455. The van der Waals surface area contributed by atoms with Crippen molar-refractivity contribution in [3.63, 3.8) is 0 Å². The van der Waals surface area contributed by atoms with E-state index in [1.165, 1.54) is 19.3 Å². The minimum absolute atomic E-state index is 0.0912. The highest BCUT2D eigenvalue weighted by molar-refractivity contribution is 5.81. The second-order valence-electron chi connectivity index (χ2n) is 6.63. The number of hydrogen-bond acceptors (Lipinski definition) is 3. The molecule has 1 saturated heterocycles. The maximum absolute atomic E-state index is 12.8. The Morgan fingerprint density at radius 1 is 1.26 bits per heavy atom. The fourth-order valence-corrected chi connectivity index (χ4v) is 4.65. The molecule has 0 radical (unpaired) electrons. The van der Waals surface area contributed by atoms with Gasteiger partial charge in [-0.3, -0.25) is 4.79 Å². The molecule has 2 bridgehead atoms. The van der Waals surface area contributed by atoms with Gasteiger partial charge >= 0.3 is 0 Å². The molecule has 5 atom stereocenters. The van der Waals surface area contributed by atoms with Crippen LogP contribution in [0.15, 0.2) is 0 Å². The summed E-state index contributed by atoms with van der Waals surface area (Å²) in [5.41, 5.74) is 6.29. The molecule has 3 N–H and O–H groups in total. The van der Waals surface area contributed by atoms with Crippen LogP contribution < -0.4 is 5.73 Å². The maximum Gasteiger partial charge on any atom is 0.227 e. The predicted octanol–water partition coefficient (Wildman–Crippen LogP) is 1.12. The zero-order chi connectivity index (χ0) is 13.4. The van der Waals surface area contributed by atoms with Crippen molar-refractivity contribution in [3.8, 4) is 0 Å². The Balaban J connectivity index is 1.66. The number of aliphatic hydroxyl groups is 1. The van der Waals surface area contributed by atoms with E-state index < -0.39 is 0 Å². The van der Waals surface area contributed by atoms with Crippen LogP contribution in [0.4, 0.5) is 0 Å². The quantitative estimate of drug-likeness (QED) is 0.801. The maximum atomic E-state index is 12.8. The summed E-state index contributed by atoms with van der Waals surface area (Å²) in [5.74, 6) is 1.55. The van der Waals surface area contributed by atoms with Crippen molar-refractivity contribution < 1.29 is 9.90 Å². The number of hydrogen-bond donors (Lipinski definition) is 2. The second kappa shape index (κ2) is 5.41. The standard InChI is InChI=1S/C15H26N2O2/c16-14-11-6-5-10(9-11)13(14)15(19)17-7-1-3-12(17)4-2-8-18/h10-14,18H,1-9,16H2. The first-order valence-electron chi connectivity index (χ1n) is 7.89. The monoisotopic (exact) mass is 266 g/mol. The number of carbonyl (C=O) groups excluding carboxylic acids is 1. The Labute approximate surface area is 115 Å². The molecule has 1 aliphatic heterocycles. The van der Waals surface area contributed by atoms with Crippen LogP contribution in [-0.4, -0.2) is 41.1 Å². The van der Waals surface area contributed by atoms with Crippen molar-refractivity contribution >= 4 is 5.91 Å². The van der Waals surface area contributed by atoms with Crippen molar-refractivity contribution in [2.45, 2.75) is 57.0 Å². The van der Waals surface area contributed by atoms with Crippen LogP contribution in [0.5, 0.6) is 0 Å². The number of rotatable bonds is 4. The lowest BCUT2D eigenvalue weighted by Crippen LogP contribution is -2.48. The molecule has 2 aliphatic carbocycles. The van der Waals surface area contributed by atoms with E-state index in [0.29, 0.717) is 23.8 Å². The summed E-state index contributed by atoms with van der Waals surface area (Å²) in [6.45, 7) is 1.13. The molecule has 4 heteroatoms. The van der Waals surface area contributed by atoms with Gasteiger partial charge in [0.2, 0.25) is 5.91 Å². The first-order valence-corrected chi connectivity index (χ1v) is 7.89. The third-order valence-electron chi connectivity index (χ3n) is 5.62. The summed E-state index contributed by atoms with van der Waals surface area (Å²) < 4.78 is 0. The minimum atomic E-state index is 0.0912. The highest BCUT2D eigenvalue weighted by Crippen LogP contribution is 2.48. The second-order valence-corrected chi connectivity index (χ2v) is 6.63. The van der Waals surface area contributed by atoms with E-state index in [1.807, 2.05) is 0 Å². The largest absolute Gasteiger partial charge is 0.396 e. The summed E-state index contributed by atoms with van der Waals surface area (Å²) in [5, 5.41) is 8.97. The zero-order valence-electron chi connectivity index (χ0n) is 11.6. The Morgan fingerprint density at radius 2 is 2.05 bits per heavy atom. The van der Waals surface area contributed by atoms with Crippen molar-refractivity contribution in [1.29, 1.82) is 0 Å². The number of nitrogens with zero attached hydrogens (tertiary/aromatic N) is 1. The van der Waals surface area contributed by atoms with E-state index >= 15 is 0 Å². The van der Waals surface area contributed by atoms with Crippen LogP contribution in [0, 0.1) is 17.8 Å². The molecule has 5 unspecified atom stereocenters. The number of carbonyl (C=O) groups is 1. The molecule has 3 aliphatic rings. The lowest BCUT2D eigenvalue weighted by atomic mass is 9.84. The van der Waals surface area contributed by atoms with Gasteiger partial charge in [0.1, 0.15) is 0 Å². The summed E-state index contributed by atoms with van der Waals surface area (Å²) in [4.78, 5) is 14.9. The lowest BCUT2D eigenvalue weighted by molar-refractivity contribution is -0.138. The van der Waals surface area contributed by atoms with Gasteiger partial charge in [0.05, 0.1) is 5.92 Å². The average Bonchev–Trinajstić information content (AvgIpc) is 3.10. The van der Waals surface area contributed by atoms with Gasteiger partial charge in [0, 0.05) is 25.2 Å². The third kappa shape index (κ3) is 2.29. The summed E-state index contributed by atoms with van der Waals surface area (Å²) in [7, 11) is 0. The van der Waals surface area contributed by atoms with Crippen LogP contribution in [0.2, 0.25) is 0 Å². The SMILES string of the molecule is NC1C2CCC(C2)C1C(=O)N1CCCC1CCCO. The lowest BCUT2D eigenvalue weighted by Gasteiger charge is -2.33. The van der Waals surface area contributed by atoms with E-state index in [2.05, 4.69) is 4.90 Å². The molecule has 4 nitrogen and oxygen atoms in total. The van der Waals surface area contributed by atoms with Gasteiger partial charge in [-0.2, -0.15) is 0 Å². The van der Waals surface area contributed by atoms with E-state index in [9.17, 15) is 4.79 Å². The molecule has 2 saturated carbocycles. The number of fused-ring (bicyclic) bond motifs is 2. The average molecular weight is 266 g/mol. The minimum Gasteiger partial charge on any atom is -0.396 e. The van der Waals surface area contributed by atoms with Gasteiger partial charge in [0.15, 0.2) is 0 Å². The number of likely N-dealkylation sites (tertiary alicyclic amines) is 1. The predicted molar refractivity (Wildman–Crippen MR) is 73.4 cm³/mol. The highest BCUT2D eigenvalue weighted by Gasteiger charge is 2.51. The van der Waals surface area contributed by atoms with Gasteiger partial charge in [-0.1, -0.05) is 0 Å². The van der Waals surface area contributed by atoms with E-state index in [1.54, 1.807) is 0 Å². The Morgan fingerprint density at radius 3 is 2.74 bits per heavy atom. The molecule has 108 valence electrons. The molecular formula is C15H26N2O2. The first kappa shape index (κ1) is 13.4. The van der Waals surface area contributed by atoms with Gasteiger partial charge in [-0.25, -0.2) is 0 Å². The van der Waals surface area contributed by atoms with Crippen LogP contribution in [0.3, 0.4) is 0 Å². The topological polar surface area (TPSA) is 66.6 Å². The number of amides is 1. The van der Waals surface area contributed by atoms with E-state index in [0.717, 1.165) is 32.2 Å². The van der Waals surface area contributed by atoms with Crippen LogP contribution in [0.25, 0.3) is 0 Å². The Kier molecular flexibility index (Phi) is 3.81. The molecule has 1 amide bonds. The smallest absolute Gasteiger partial charge is 0.227 e. The normalized spacial score (nSPS) is 41.2. The molecule has 3 fully saturated rings. The molecule has 0 aromatic rings. The van der Waals surface area contributed by atoms with Crippen molar-refractivity contribution in [2.75, 3.05) is 13.2 Å². The fraction of sp³-hybridized carbons (Fsp3) is 0.933. The highest BCUT2D eigenvalue weighted by atomic mass is 16.3. The molecule has 0 spiro atoms. The van der Waals surface area contributed by atoms with Crippen molar-refractivity contribution in [3.05, 3.63) is 0 Å². The Bertz CT molecular complexity index is 345. The van der Waals surface area contributed by atoms with Gasteiger partial charge in [-0.15, -0.1) is 0 Å². The molecule has 0 aromatic heterocycles. The fourth-order valence-electron chi connectivity index (χ4n) is 4.65. The number of nitrogens with two attached hydrogens (primary N) is 1. The molecule has 1 heterocycles. The van der Waals surface area contributed by atoms with Gasteiger partial charge in [0.25, 0.3) is 0 Å². The van der Waals surface area contributed by atoms with Crippen LogP contribution in [0.1, 0.15) is 44.9 Å². The van der Waals surface area contributed by atoms with Crippen LogP contribution in [-0.2, 0) is 4.79 Å². The zero-order valence-corrected chi connectivity index (χ0v) is 11.6. The molecule has 3 rings (SSSR count).